The van der Waals surface area contributed by atoms with Gasteiger partial charge in [0.05, 0.1) is 12.1 Å². The van der Waals surface area contributed by atoms with Gasteiger partial charge in [0.2, 0.25) is 5.96 Å². The summed E-state index contributed by atoms with van der Waals surface area (Å²) in [5.74, 6) is 6.14. The van der Waals surface area contributed by atoms with Crippen molar-refractivity contribution in [2.24, 2.45) is 10.8 Å². The summed E-state index contributed by atoms with van der Waals surface area (Å²) >= 11 is 0. The summed E-state index contributed by atoms with van der Waals surface area (Å²) in [5.41, 5.74) is 2.63. The quantitative estimate of drug-likeness (QED) is 0.269. The maximum absolute atomic E-state index is 5.43. The monoisotopic (exact) mass is 212 g/mol. The molecule has 0 bridgehead atoms. The SMILES string of the molecule is COC1CCCC1N=C(NN)NC1CC1. The van der Waals surface area contributed by atoms with Crippen LogP contribution in [-0.4, -0.2) is 31.3 Å². The van der Waals surface area contributed by atoms with Crippen LogP contribution in [-0.2, 0) is 4.74 Å². The number of hydrogen-bond donors (Lipinski definition) is 3. The molecular weight excluding hydrogens is 192 g/mol. The van der Waals surface area contributed by atoms with E-state index in [0.29, 0.717) is 12.0 Å². The minimum atomic E-state index is 0.257. The molecule has 0 aromatic rings. The number of ether oxygens (including phenoxy) is 1. The van der Waals surface area contributed by atoms with Gasteiger partial charge in [-0.2, -0.15) is 0 Å². The summed E-state index contributed by atoms with van der Waals surface area (Å²) in [5, 5.41) is 3.27. The van der Waals surface area contributed by atoms with Gasteiger partial charge in [0.25, 0.3) is 0 Å². The number of rotatable bonds is 3. The lowest BCUT2D eigenvalue weighted by molar-refractivity contribution is 0.0964. The Bertz CT molecular complexity index is 240. The third kappa shape index (κ3) is 2.82. The van der Waals surface area contributed by atoms with Crippen molar-refractivity contribution in [3.8, 4) is 0 Å². The van der Waals surface area contributed by atoms with E-state index in [-0.39, 0.29) is 12.1 Å². The third-order valence-corrected chi connectivity index (χ3v) is 3.07. The van der Waals surface area contributed by atoms with Crippen LogP contribution in [0, 0.1) is 0 Å². The molecule has 2 unspecified atom stereocenters. The van der Waals surface area contributed by atoms with Crippen molar-refractivity contribution in [1.82, 2.24) is 10.7 Å². The first-order valence-corrected chi connectivity index (χ1v) is 5.67. The number of guanidine groups is 1. The zero-order chi connectivity index (χ0) is 10.7. The molecule has 0 amide bonds. The van der Waals surface area contributed by atoms with Crippen molar-refractivity contribution < 1.29 is 4.74 Å². The zero-order valence-corrected chi connectivity index (χ0v) is 9.20. The molecule has 2 saturated carbocycles. The van der Waals surface area contributed by atoms with Gasteiger partial charge in [-0.25, -0.2) is 10.8 Å². The normalized spacial score (nSPS) is 31.7. The van der Waals surface area contributed by atoms with E-state index in [1.807, 2.05) is 0 Å². The Morgan fingerprint density at radius 3 is 2.73 bits per heavy atom. The molecule has 2 fully saturated rings. The lowest BCUT2D eigenvalue weighted by atomic mass is 10.2. The van der Waals surface area contributed by atoms with Crippen LogP contribution in [0.1, 0.15) is 32.1 Å². The van der Waals surface area contributed by atoms with Crippen molar-refractivity contribution in [2.75, 3.05) is 7.11 Å². The summed E-state index contributed by atoms with van der Waals surface area (Å²) in [6.07, 6.45) is 6.09. The van der Waals surface area contributed by atoms with E-state index in [2.05, 4.69) is 15.7 Å². The molecule has 0 radical (unpaired) electrons. The highest BCUT2D eigenvalue weighted by Gasteiger charge is 2.28. The number of aliphatic imine (C=N–C) groups is 1. The van der Waals surface area contributed by atoms with E-state index in [1.54, 1.807) is 7.11 Å². The van der Waals surface area contributed by atoms with Crippen LogP contribution in [0.25, 0.3) is 0 Å². The molecule has 0 aromatic carbocycles. The van der Waals surface area contributed by atoms with Crippen LogP contribution < -0.4 is 16.6 Å². The maximum Gasteiger partial charge on any atom is 0.206 e. The number of methoxy groups -OCH3 is 1. The molecule has 0 heterocycles. The summed E-state index contributed by atoms with van der Waals surface area (Å²) in [7, 11) is 1.75. The summed E-state index contributed by atoms with van der Waals surface area (Å²) in [4.78, 5) is 4.57. The van der Waals surface area contributed by atoms with E-state index in [0.717, 1.165) is 12.8 Å². The summed E-state index contributed by atoms with van der Waals surface area (Å²) < 4.78 is 5.39. The number of nitrogens with two attached hydrogens (primary N) is 1. The lowest BCUT2D eigenvalue weighted by Gasteiger charge is -2.16. The molecule has 2 atom stereocenters. The smallest absolute Gasteiger partial charge is 0.206 e. The predicted octanol–water partition coefficient (Wildman–Crippen LogP) is 0.125. The molecule has 0 saturated heterocycles. The van der Waals surface area contributed by atoms with Gasteiger partial charge < -0.3 is 10.1 Å². The largest absolute Gasteiger partial charge is 0.379 e. The Hall–Kier alpha value is -0.810. The molecule has 2 aliphatic rings. The first kappa shape index (κ1) is 10.7. The average molecular weight is 212 g/mol. The topological polar surface area (TPSA) is 71.7 Å². The predicted molar refractivity (Wildman–Crippen MR) is 59.4 cm³/mol. The minimum absolute atomic E-state index is 0.257. The molecule has 2 rings (SSSR count). The van der Waals surface area contributed by atoms with Crippen molar-refractivity contribution in [3.05, 3.63) is 0 Å². The Kier molecular flexibility index (Phi) is 3.43. The number of nitrogens with one attached hydrogen (secondary N) is 2. The highest BCUT2D eigenvalue weighted by atomic mass is 16.5. The van der Waals surface area contributed by atoms with Gasteiger partial charge in [-0.15, -0.1) is 0 Å². The molecule has 2 aliphatic carbocycles. The first-order valence-electron chi connectivity index (χ1n) is 5.67. The second-order valence-corrected chi connectivity index (χ2v) is 4.31. The Morgan fingerprint density at radius 1 is 1.33 bits per heavy atom. The van der Waals surface area contributed by atoms with E-state index >= 15 is 0 Å². The standard InChI is InChI=1S/C10H20N4O/c1-15-9-4-2-3-8(9)13-10(14-11)12-7-5-6-7/h7-9H,2-6,11H2,1H3,(H2,12,13,14). The lowest BCUT2D eigenvalue weighted by Crippen LogP contribution is -2.44. The van der Waals surface area contributed by atoms with Gasteiger partial charge in [-0.05, 0) is 32.1 Å². The van der Waals surface area contributed by atoms with Crippen LogP contribution in [0.4, 0.5) is 0 Å². The molecule has 86 valence electrons. The number of nitrogens with zero attached hydrogens (tertiary/aromatic N) is 1. The fourth-order valence-electron chi connectivity index (χ4n) is 2.03. The third-order valence-electron chi connectivity index (χ3n) is 3.07. The molecular formula is C10H20N4O. The summed E-state index contributed by atoms with van der Waals surface area (Å²) in [6.45, 7) is 0. The van der Waals surface area contributed by atoms with Crippen LogP contribution in [0.15, 0.2) is 4.99 Å². The number of hydrazine groups is 1. The van der Waals surface area contributed by atoms with Gasteiger partial charge in [-0.1, -0.05) is 0 Å². The summed E-state index contributed by atoms with van der Waals surface area (Å²) in [6, 6.07) is 0.828. The zero-order valence-electron chi connectivity index (χ0n) is 9.20. The van der Waals surface area contributed by atoms with Crippen molar-refractivity contribution >= 4 is 5.96 Å². The van der Waals surface area contributed by atoms with Gasteiger partial charge in [0.1, 0.15) is 0 Å². The molecule has 0 aromatic heterocycles. The molecule has 5 heteroatoms. The number of hydrogen-bond acceptors (Lipinski definition) is 3. The highest BCUT2D eigenvalue weighted by Crippen LogP contribution is 2.24. The Morgan fingerprint density at radius 2 is 2.13 bits per heavy atom. The fraction of sp³-hybridized carbons (Fsp3) is 0.900. The molecule has 5 nitrogen and oxygen atoms in total. The Balaban J connectivity index is 1.91. The average Bonchev–Trinajstić information content (AvgIpc) is 2.95. The van der Waals surface area contributed by atoms with Crippen molar-refractivity contribution in [3.63, 3.8) is 0 Å². The van der Waals surface area contributed by atoms with Crippen molar-refractivity contribution in [1.29, 1.82) is 0 Å². The van der Waals surface area contributed by atoms with E-state index in [4.69, 9.17) is 10.6 Å². The van der Waals surface area contributed by atoms with E-state index in [9.17, 15) is 0 Å². The fourth-order valence-corrected chi connectivity index (χ4v) is 2.03. The van der Waals surface area contributed by atoms with E-state index < -0.39 is 0 Å². The molecule has 4 N–H and O–H groups in total. The molecule has 0 aliphatic heterocycles. The van der Waals surface area contributed by atoms with Crippen molar-refractivity contribution in [2.45, 2.75) is 50.3 Å². The van der Waals surface area contributed by atoms with Gasteiger partial charge >= 0.3 is 0 Å². The van der Waals surface area contributed by atoms with Crippen LogP contribution in [0.5, 0.6) is 0 Å². The second-order valence-electron chi connectivity index (χ2n) is 4.31. The van der Waals surface area contributed by atoms with Crippen LogP contribution in [0.3, 0.4) is 0 Å². The molecule has 15 heavy (non-hydrogen) atoms. The van der Waals surface area contributed by atoms with Gasteiger partial charge in [0, 0.05) is 13.2 Å². The second kappa shape index (κ2) is 4.81. The van der Waals surface area contributed by atoms with Gasteiger partial charge in [0.15, 0.2) is 0 Å². The maximum atomic E-state index is 5.43. The first-order chi connectivity index (χ1) is 7.33. The highest BCUT2D eigenvalue weighted by molar-refractivity contribution is 5.80. The van der Waals surface area contributed by atoms with Crippen LogP contribution in [0.2, 0.25) is 0 Å². The van der Waals surface area contributed by atoms with Gasteiger partial charge in [-0.3, -0.25) is 5.43 Å². The Labute approximate surface area is 90.4 Å². The van der Waals surface area contributed by atoms with E-state index in [1.165, 1.54) is 19.3 Å². The minimum Gasteiger partial charge on any atom is -0.379 e. The molecule has 0 spiro atoms. The van der Waals surface area contributed by atoms with Crippen LogP contribution >= 0.6 is 0 Å².